The molecule has 11 nitrogen and oxygen atoms in total. The number of imidazole rings is 1. The summed E-state index contributed by atoms with van der Waals surface area (Å²) in [5.74, 6) is -0.516. The fourth-order valence-corrected chi connectivity index (χ4v) is 4.67. The van der Waals surface area contributed by atoms with Crippen molar-refractivity contribution in [2.45, 2.75) is 12.5 Å². The number of hydrogen-bond donors (Lipinski definition) is 4. The van der Waals surface area contributed by atoms with E-state index in [9.17, 15) is 19.4 Å². The Hall–Kier alpha value is -2.43. The number of fused-ring (bicyclic) bond motifs is 1. The number of para-hydroxylation sites is 1. The van der Waals surface area contributed by atoms with Crippen LogP contribution >= 0.6 is 19.4 Å². The Bertz CT molecular complexity index is 1180. The summed E-state index contributed by atoms with van der Waals surface area (Å²) in [7, 11) is -4.40. The fraction of sp³-hybridized carbons (Fsp3) is 0.353. The van der Waals surface area contributed by atoms with Crippen LogP contribution in [0.4, 0.5) is 5.95 Å². The smallest absolute Gasteiger partial charge is 0.403 e. The summed E-state index contributed by atoms with van der Waals surface area (Å²) in [5, 5.41) is 10.0. The van der Waals surface area contributed by atoms with Crippen molar-refractivity contribution in [2.24, 2.45) is 11.8 Å². The van der Waals surface area contributed by atoms with E-state index in [0.29, 0.717) is 12.1 Å². The monoisotopic (exact) mass is 455 g/mol. The van der Waals surface area contributed by atoms with E-state index in [0.717, 1.165) is 0 Å². The highest BCUT2D eigenvalue weighted by Gasteiger charge is 2.44. The van der Waals surface area contributed by atoms with E-state index in [-0.39, 0.29) is 53.3 Å². The first-order chi connectivity index (χ1) is 14.3. The van der Waals surface area contributed by atoms with Gasteiger partial charge in [0.15, 0.2) is 11.2 Å². The molecule has 0 bridgehead atoms. The number of H-pyrrole nitrogens is 1. The summed E-state index contributed by atoms with van der Waals surface area (Å²) in [4.78, 5) is 32.5. The summed E-state index contributed by atoms with van der Waals surface area (Å²) in [6.45, 7) is -0.305. The SMILES string of the molecule is Nc1nc2c(ncn2[C@@H]2C[C@H](COP(=O)(O)Oc3ccccc3Cl)[C@H]2CO)c(=O)[nH]1. The third-order valence-corrected chi connectivity index (χ3v) is 6.38. The van der Waals surface area contributed by atoms with E-state index in [1.807, 2.05) is 0 Å². The first-order valence-electron chi connectivity index (χ1n) is 9.03. The summed E-state index contributed by atoms with van der Waals surface area (Å²) < 4.78 is 24.1. The number of rotatable bonds is 7. The fourth-order valence-electron chi connectivity index (χ4n) is 3.61. The maximum atomic E-state index is 12.2. The number of nitrogen functional groups attached to an aromatic ring is 1. The molecular weight excluding hydrogens is 437 g/mol. The molecule has 1 aliphatic carbocycles. The lowest BCUT2D eigenvalue weighted by molar-refractivity contribution is -0.00487. The molecule has 2 aromatic heterocycles. The zero-order valence-electron chi connectivity index (χ0n) is 15.5. The van der Waals surface area contributed by atoms with E-state index in [1.165, 1.54) is 18.5 Å². The molecule has 13 heteroatoms. The summed E-state index contributed by atoms with van der Waals surface area (Å²) in [5.41, 5.74) is 5.63. The average Bonchev–Trinajstić information content (AvgIpc) is 3.06. The molecule has 160 valence electrons. The standard InChI is InChI=1S/C17H19ClN5O6P/c18-11-3-1-2-4-13(11)29-30(26,27)28-7-9-5-12(10(9)6-24)23-8-20-14-15(23)21-17(19)22-16(14)25/h1-4,8-10,12,24H,5-7H2,(H,26,27)(H3,19,21,22,25)/t9-,10-,12-/m1/s1. The first-order valence-corrected chi connectivity index (χ1v) is 10.9. The van der Waals surface area contributed by atoms with Crippen LogP contribution < -0.4 is 15.8 Å². The maximum absolute atomic E-state index is 12.2. The predicted octanol–water partition coefficient (Wildman–Crippen LogP) is 1.72. The van der Waals surface area contributed by atoms with E-state index in [4.69, 9.17) is 26.4 Å². The summed E-state index contributed by atoms with van der Waals surface area (Å²) in [6, 6.07) is 6.03. The number of nitrogens with zero attached hydrogens (tertiary/aromatic N) is 3. The van der Waals surface area contributed by atoms with Gasteiger partial charge in [-0.3, -0.25) is 19.2 Å². The van der Waals surface area contributed by atoms with Gasteiger partial charge in [0.25, 0.3) is 5.56 Å². The lowest BCUT2D eigenvalue weighted by Crippen LogP contribution is -2.43. The van der Waals surface area contributed by atoms with Crippen LogP contribution in [0.25, 0.3) is 11.2 Å². The zero-order valence-corrected chi connectivity index (χ0v) is 17.2. The van der Waals surface area contributed by atoms with E-state index < -0.39 is 13.4 Å². The average molecular weight is 456 g/mol. The molecule has 1 unspecified atom stereocenters. The molecule has 1 fully saturated rings. The Balaban J connectivity index is 1.44. The van der Waals surface area contributed by atoms with Gasteiger partial charge in [-0.2, -0.15) is 4.98 Å². The van der Waals surface area contributed by atoms with Crippen molar-refractivity contribution in [3.63, 3.8) is 0 Å². The highest BCUT2D eigenvalue weighted by Crippen LogP contribution is 2.50. The van der Waals surface area contributed by atoms with Gasteiger partial charge in [0.2, 0.25) is 5.95 Å². The summed E-state index contributed by atoms with van der Waals surface area (Å²) in [6.07, 6.45) is 1.98. The second kappa shape index (κ2) is 8.01. The number of aromatic nitrogens is 4. The van der Waals surface area contributed by atoms with Crippen LogP contribution in [0, 0.1) is 11.8 Å². The topological polar surface area (TPSA) is 166 Å². The zero-order chi connectivity index (χ0) is 21.5. The number of phosphoric acid groups is 1. The van der Waals surface area contributed by atoms with Crippen molar-refractivity contribution >= 4 is 36.5 Å². The molecule has 30 heavy (non-hydrogen) atoms. The Labute approximate surface area is 175 Å². The lowest BCUT2D eigenvalue weighted by Gasteiger charge is -2.44. The molecule has 4 atom stereocenters. The third-order valence-electron chi connectivity index (χ3n) is 5.16. The Morgan fingerprint density at radius 2 is 2.17 bits per heavy atom. The van der Waals surface area contributed by atoms with Gasteiger partial charge in [-0.15, -0.1) is 0 Å². The number of aliphatic hydroxyl groups is 1. The number of benzene rings is 1. The quantitative estimate of drug-likeness (QED) is 0.388. The highest BCUT2D eigenvalue weighted by molar-refractivity contribution is 7.47. The number of phosphoric ester groups is 1. The molecule has 2 heterocycles. The van der Waals surface area contributed by atoms with Crippen molar-refractivity contribution in [1.82, 2.24) is 19.5 Å². The van der Waals surface area contributed by atoms with Gasteiger partial charge >= 0.3 is 7.82 Å². The van der Waals surface area contributed by atoms with Gasteiger partial charge in [0.1, 0.15) is 5.75 Å². The van der Waals surface area contributed by atoms with Crippen LogP contribution in [0.15, 0.2) is 35.4 Å². The third kappa shape index (κ3) is 3.94. The van der Waals surface area contributed by atoms with Gasteiger partial charge in [0, 0.05) is 18.6 Å². The van der Waals surface area contributed by atoms with E-state index in [1.54, 1.807) is 16.7 Å². The minimum Gasteiger partial charge on any atom is -0.403 e. The largest absolute Gasteiger partial charge is 0.527 e. The van der Waals surface area contributed by atoms with Crippen molar-refractivity contribution in [3.8, 4) is 5.75 Å². The number of nitrogens with one attached hydrogen (secondary N) is 1. The molecule has 0 aliphatic heterocycles. The highest BCUT2D eigenvalue weighted by atomic mass is 35.5. The van der Waals surface area contributed by atoms with E-state index >= 15 is 0 Å². The van der Waals surface area contributed by atoms with Gasteiger partial charge < -0.3 is 19.9 Å². The van der Waals surface area contributed by atoms with Crippen LogP contribution in [0.3, 0.4) is 0 Å². The van der Waals surface area contributed by atoms with Crippen LogP contribution in [0.1, 0.15) is 12.5 Å². The van der Waals surface area contributed by atoms with Crippen LogP contribution in [-0.2, 0) is 9.09 Å². The van der Waals surface area contributed by atoms with Crippen molar-refractivity contribution in [1.29, 1.82) is 0 Å². The maximum Gasteiger partial charge on any atom is 0.527 e. The molecule has 4 rings (SSSR count). The molecule has 1 aromatic carbocycles. The van der Waals surface area contributed by atoms with Crippen molar-refractivity contribution in [2.75, 3.05) is 18.9 Å². The first kappa shape index (κ1) is 20.8. The van der Waals surface area contributed by atoms with Crippen molar-refractivity contribution < 1.29 is 23.6 Å². The van der Waals surface area contributed by atoms with Gasteiger partial charge in [-0.25, -0.2) is 9.55 Å². The number of anilines is 1. The normalized spacial score (nSPS) is 23.1. The molecule has 0 saturated heterocycles. The minimum absolute atomic E-state index is 0.0352. The lowest BCUT2D eigenvalue weighted by atomic mass is 9.70. The van der Waals surface area contributed by atoms with Gasteiger partial charge in [-0.1, -0.05) is 23.7 Å². The predicted molar refractivity (Wildman–Crippen MR) is 108 cm³/mol. The number of halogens is 1. The Morgan fingerprint density at radius 1 is 1.40 bits per heavy atom. The van der Waals surface area contributed by atoms with Crippen molar-refractivity contribution in [3.05, 3.63) is 46.0 Å². The molecule has 1 saturated carbocycles. The van der Waals surface area contributed by atoms with Gasteiger partial charge in [-0.05, 0) is 24.5 Å². The van der Waals surface area contributed by atoms with Crippen LogP contribution in [0.2, 0.25) is 5.02 Å². The molecule has 1 aliphatic rings. The number of hydrogen-bond acceptors (Lipinski definition) is 8. The second-order valence-corrected chi connectivity index (χ2v) is 8.76. The molecule has 0 spiro atoms. The number of aromatic amines is 1. The molecule has 0 radical (unpaired) electrons. The van der Waals surface area contributed by atoms with E-state index in [2.05, 4.69) is 15.0 Å². The molecular formula is C17H19ClN5O6P. The molecule has 3 aromatic rings. The Kier molecular flexibility index (Phi) is 5.56. The number of aliphatic hydroxyl groups excluding tert-OH is 1. The number of nitrogens with two attached hydrogens (primary N) is 1. The molecule has 0 amide bonds. The second-order valence-electron chi connectivity index (χ2n) is 6.97. The molecule has 5 N–H and O–H groups in total. The van der Waals surface area contributed by atoms with Crippen LogP contribution in [0.5, 0.6) is 5.75 Å². The van der Waals surface area contributed by atoms with Crippen LogP contribution in [-0.4, -0.2) is 42.7 Å². The summed E-state index contributed by atoms with van der Waals surface area (Å²) >= 11 is 5.93. The van der Waals surface area contributed by atoms with Gasteiger partial charge in [0.05, 0.1) is 18.0 Å². The minimum atomic E-state index is -4.40. The Morgan fingerprint density at radius 3 is 2.90 bits per heavy atom.